The quantitative estimate of drug-likeness (QED) is 0.522. The molecule has 1 heterocycles. The van der Waals surface area contributed by atoms with Crippen LogP contribution in [0, 0.1) is 0 Å². The van der Waals surface area contributed by atoms with Crippen LogP contribution in [0.4, 0.5) is 0 Å². The maximum absolute atomic E-state index is 13.5. The first-order valence-electron chi connectivity index (χ1n) is 10.9. The Kier molecular flexibility index (Phi) is 5.39. The van der Waals surface area contributed by atoms with Gasteiger partial charge >= 0.3 is 5.97 Å². The van der Waals surface area contributed by atoms with E-state index in [0.717, 1.165) is 35.3 Å². The third-order valence-corrected chi connectivity index (χ3v) is 6.16. The van der Waals surface area contributed by atoms with Gasteiger partial charge in [-0.05, 0) is 59.9 Å². The number of amides is 1. The van der Waals surface area contributed by atoms with Crippen molar-refractivity contribution in [2.75, 3.05) is 7.11 Å². The van der Waals surface area contributed by atoms with E-state index in [-0.39, 0.29) is 24.0 Å². The monoisotopic (exact) mass is 427 g/mol. The molecule has 1 atom stereocenters. The van der Waals surface area contributed by atoms with Gasteiger partial charge in [0.15, 0.2) is 0 Å². The van der Waals surface area contributed by atoms with Crippen molar-refractivity contribution in [2.45, 2.75) is 38.0 Å². The molecule has 1 amide bonds. The molecule has 5 rings (SSSR count). The maximum Gasteiger partial charge on any atom is 0.339 e. The molecule has 0 aromatic heterocycles. The summed E-state index contributed by atoms with van der Waals surface area (Å²) in [6.45, 7) is 0.555. The summed E-state index contributed by atoms with van der Waals surface area (Å²) in [7, 11) is 1.64. The van der Waals surface area contributed by atoms with Crippen LogP contribution in [-0.2, 0) is 17.7 Å². The lowest BCUT2D eigenvalue weighted by Crippen LogP contribution is -2.33. The van der Waals surface area contributed by atoms with Crippen LogP contribution in [0.5, 0.6) is 5.75 Å². The van der Waals surface area contributed by atoms with E-state index < -0.39 is 0 Å². The van der Waals surface area contributed by atoms with Crippen molar-refractivity contribution in [3.8, 4) is 5.75 Å². The molecule has 1 fully saturated rings. The molecule has 0 saturated heterocycles. The molecule has 5 nitrogen and oxygen atoms in total. The van der Waals surface area contributed by atoms with Gasteiger partial charge in [-0.2, -0.15) is 0 Å². The van der Waals surface area contributed by atoms with E-state index >= 15 is 0 Å². The molecule has 0 spiro atoms. The zero-order valence-corrected chi connectivity index (χ0v) is 18.0. The van der Waals surface area contributed by atoms with E-state index in [4.69, 9.17) is 9.47 Å². The van der Waals surface area contributed by atoms with Crippen molar-refractivity contribution >= 4 is 11.9 Å². The van der Waals surface area contributed by atoms with Gasteiger partial charge in [0, 0.05) is 24.6 Å². The molecule has 5 heteroatoms. The third kappa shape index (κ3) is 4.11. The molecule has 1 aliphatic heterocycles. The number of hydrogen-bond donors (Lipinski definition) is 0. The Morgan fingerprint density at radius 3 is 2.47 bits per heavy atom. The smallest absolute Gasteiger partial charge is 0.339 e. The summed E-state index contributed by atoms with van der Waals surface area (Å²) in [6.07, 6.45) is 2.28. The first-order chi connectivity index (χ1) is 15.6. The molecule has 32 heavy (non-hydrogen) atoms. The van der Waals surface area contributed by atoms with E-state index in [9.17, 15) is 9.59 Å². The summed E-state index contributed by atoms with van der Waals surface area (Å²) in [4.78, 5) is 28.0. The highest BCUT2D eigenvalue weighted by atomic mass is 16.5. The van der Waals surface area contributed by atoms with Crippen molar-refractivity contribution in [1.29, 1.82) is 0 Å². The second kappa shape index (κ2) is 8.50. The van der Waals surface area contributed by atoms with Gasteiger partial charge in [0.2, 0.25) is 0 Å². The molecular formula is C27H25NO4. The molecule has 0 radical (unpaired) electrons. The number of benzene rings is 3. The number of hydrogen-bond acceptors (Lipinski definition) is 4. The van der Waals surface area contributed by atoms with Crippen LogP contribution in [0.1, 0.15) is 56.4 Å². The molecule has 2 aliphatic rings. The number of nitrogens with zero attached hydrogens (tertiary/aromatic N) is 1. The van der Waals surface area contributed by atoms with Crippen molar-refractivity contribution in [3.05, 3.63) is 101 Å². The Balaban J connectivity index is 1.39. The maximum atomic E-state index is 13.5. The Bertz CT molecular complexity index is 1140. The van der Waals surface area contributed by atoms with E-state index in [1.807, 2.05) is 65.6 Å². The van der Waals surface area contributed by atoms with Gasteiger partial charge in [-0.3, -0.25) is 4.79 Å². The zero-order valence-electron chi connectivity index (χ0n) is 18.0. The third-order valence-electron chi connectivity index (χ3n) is 6.16. The summed E-state index contributed by atoms with van der Waals surface area (Å²) in [5.74, 6) is 0.463. The fraction of sp³-hybridized carbons (Fsp3) is 0.259. The number of carbonyl (C=O) groups is 2. The van der Waals surface area contributed by atoms with Gasteiger partial charge in [0.05, 0.1) is 12.7 Å². The Morgan fingerprint density at radius 1 is 1.03 bits per heavy atom. The molecule has 0 bridgehead atoms. The van der Waals surface area contributed by atoms with Gasteiger partial charge in [0.25, 0.3) is 5.91 Å². The van der Waals surface area contributed by atoms with Gasteiger partial charge in [-0.15, -0.1) is 0 Å². The average Bonchev–Trinajstić information content (AvgIpc) is 3.68. The lowest BCUT2D eigenvalue weighted by Gasteiger charge is -2.27. The van der Waals surface area contributed by atoms with E-state index in [0.29, 0.717) is 24.1 Å². The Labute approximate surface area is 187 Å². The standard InChI is InChI=1S/C27H25NO4/c1-31-23-12-7-18(8-13-23)17-28(22-10-11-22)26(29)20-9-14-24-21(15-20)16-25(32-27(24)30)19-5-3-2-4-6-19/h2-9,12-15,22,25H,10-11,16-17H2,1H3/t25-/m1/s1. The minimum Gasteiger partial charge on any atom is -0.497 e. The van der Waals surface area contributed by atoms with E-state index in [1.54, 1.807) is 19.2 Å². The highest BCUT2D eigenvalue weighted by Gasteiger charge is 2.34. The van der Waals surface area contributed by atoms with E-state index in [1.165, 1.54) is 0 Å². The number of rotatable bonds is 6. The fourth-order valence-corrected chi connectivity index (χ4v) is 4.23. The lowest BCUT2D eigenvalue weighted by molar-refractivity contribution is 0.0252. The van der Waals surface area contributed by atoms with E-state index in [2.05, 4.69) is 0 Å². The van der Waals surface area contributed by atoms with Gasteiger partial charge in [0.1, 0.15) is 11.9 Å². The summed E-state index contributed by atoms with van der Waals surface area (Å²) < 4.78 is 10.9. The molecule has 0 unspecified atom stereocenters. The summed E-state index contributed by atoms with van der Waals surface area (Å²) in [5, 5.41) is 0. The Morgan fingerprint density at radius 2 is 1.78 bits per heavy atom. The van der Waals surface area contributed by atoms with Crippen LogP contribution in [0.15, 0.2) is 72.8 Å². The predicted octanol–water partition coefficient (Wildman–Crippen LogP) is 4.95. The number of ether oxygens (including phenoxy) is 2. The molecule has 3 aromatic carbocycles. The van der Waals surface area contributed by atoms with Crippen molar-refractivity contribution in [2.24, 2.45) is 0 Å². The van der Waals surface area contributed by atoms with Crippen LogP contribution in [0.25, 0.3) is 0 Å². The minimum absolute atomic E-state index is 0.00122. The van der Waals surface area contributed by atoms with Crippen LogP contribution >= 0.6 is 0 Å². The first kappa shape index (κ1) is 20.3. The normalized spacial score (nSPS) is 17.3. The van der Waals surface area contributed by atoms with Crippen molar-refractivity contribution < 1.29 is 19.1 Å². The average molecular weight is 428 g/mol. The van der Waals surface area contributed by atoms with Crippen molar-refractivity contribution in [1.82, 2.24) is 4.90 Å². The number of esters is 1. The number of carbonyl (C=O) groups excluding carboxylic acids is 2. The van der Waals surface area contributed by atoms with Gasteiger partial charge < -0.3 is 14.4 Å². The second-order valence-electron chi connectivity index (χ2n) is 8.39. The molecular weight excluding hydrogens is 402 g/mol. The van der Waals surface area contributed by atoms with Gasteiger partial charge in [-0.1, -0.05) is 42.5 Å². The predicted molar refractivity (Wildman–Crippen MR) is 121 cm³/mol. The Hall–Kier alpha value is -3.60. The molecule has 3 aromatic rings. The first-order valence-corrected chi connectivity index (χ1v) is 10.9. The highest BCUT2D eigenvalue weighted by Crippen LogP contribution is 2.33. The molecule has 0 N–H and O–H groups in total. The van der Waals surface area contributed by atoms with Gasteiger partial charge in [-0.25, -0.2) is 4.79 Å². The summed E-state index contributed by atoms with van der Waals surface area (Å²) >= 11 is 0. The second-order valence-corrected chi connectivity index (χ2v) is 8.39. The molecule has 1 aliphatic carbocycles. The number of cyclic esters (lactones) is 1. The number of methoxy groups -OCH3 is 1. The van der Waals surface area contributed by atoms with Crippen LogP contribution in [-0.4, -0.2) is 29.9 Å². The van der Waals surface area contributed by atoms with Crippen LogP contribution in [0.3, 0.4) is 0 Å². The minimum atomic E-state index is -0.337. The number of fused-ring (bicyclic) bond motifs is 1. The molecule has 1 saturated carbocycles. The van der Waals surface area contributed by atoms with Crippen LogP contribution < -0.4 is 4.74 Å². The van der Waals surface area contributed by atoms with Crippen LogP contribution in [0.2, 0.25) is 0 Å². The topological polar surface area (TPSA) is 55.8 Å². The largest absolute Gasteiger partial charge is 0.497 e. The van der Waals surface area contributed by atoms with Crippen molar-refractivity contribution in [3.63, 3.8) is 0 Å². The SMILES string of the molecule is COc1ccc(CN(C(=O)c2ccc3c(c2)C[C@H](c2ccccc2)OC3=O)C2CC2)cc1. The fourth-order valence-electron chi connectivity index (χ4n) is 4.23. The highest BCUT2D eigenvalue weighted by molar-refractivity contribution is 5.98. The summed E-state index contributed by atoms with van der Waals surface area (Å²) in [5.41, 5.74) is 4.05. The molecule has 162 valence electrons. The summed E-state index contributed by atoms with van der Waals surface area (Å²) in [6, 6.07) is 23.2. The lowest BCUT2D eigenvalue weighted by atomic mass is 9.93. The zero-order chi connectivity index (χ0) is 22.1.